The third kappa shape index (κ3) is 2.92. The lowest BCUT2D eigenvalue weighted by Gasteiger charge is -2.02. The standard InChI is InChI=1S/C14H12Br2OS/c1-8(2)14(17)13-6-5-12(18-13)10-4-3-9(15)7-11(10)16/h3-8H,1-2H3. The molecule has 1 heterocycles. The molecule has 0 unspecified atom stereocenters. The van der Waals surface area contributed by atoms with Crippen molar-refractivity contribution in [2.24, 2.45) is 5.92 Å². The molecule has 0 fully saturated rings. The van der Waals surface area contributed by atoms with Crippen molar-refractivity contribution in [2.75, 3.05) is 0 Å². The third-order valence-corrected chi connectivity index (χ3v) is 4.85. The van der Waals surface area contributed by atoms with E-state index in [-0.39, 0.29) is 11.7 Å². The van der Waals surface area contributed by atoms with Crippen molar-refractivity contribution in [1.82, 2.24) is 0 Å². The van der Waals surface area contributed by atoms with Gasteiger partial charge in [0.05, 0.1) is 4.88 Å². The fourth-order valence-corrected chi connectivity index (χ4v) is 4.11. The van der Waals surface area contributed by atoms with Gasteiger partial charge in [-0.05, 0) is 24.3 Å². The van der Waals surface area contributed by atoms with E-state index in [2.05, 4.69) is 31.9 Å². The summed E-state index contributed by atoms with van der Waals surface area (Å²) >= 11 is 8.53. The Morgan fingerprint density at radius 1 is 1.17 bits per heavy atom. The van der Waals surface area contributed by atoms with Crippen LogP contribution in [-0.2, 0) is 0 Å². The first-order valence-electron chi connectivity index (χ1n) is 5.58. The van der Waals surface area contributed by atoms with Gasteiger partial charge < -0.3 is 0 Å². The van der Waals surface area contributed by atoms with Crippen molar-refractivity contribution in [3.8, 4) is 10.4 Å². The summed E-state index contributed by atoms with van der Waals surface area (Å²) in [6.45, 7) is 3.86. The fourth-order valence-electron chi connectivity index (χ4n) is 1.59. The monoisotopic (exact) mass is 386 g/mol. The van der Waals surface area contributed by atoms with Crippen LogP contribution in [0.5, 0.6) is 0 Å². The van der Waals surface area contributed by atoms with E-state index >= 15 is 0 Å². The van der Waals surface area contributed by atoms with Gasteiger partial charge in [-0.25, -0.2) is 0 Å². The second kappa shape index (κ2) is 5.68. The van der Waals surface area contributed by atoms with Gasteiger partial charge in [-0.1, -0.05) is 51.8 Å². The number of benzene rings is 1. The van der Waals surface area contributed by atoms with Crippen LogP contribution in [0.25, 0.3) is 10.4 Å². The Morgan fingerprint density at radius 2 is 1.89 bits per heavy atom. The third-order valence-electron chi connectivity index (χ3n) is 2.57. The van der Waals surface area contributed by atoms with Crippen molar-refractivity contribution in [1.29, 1.82) is 0 Å². The lowest BCUT2D eigenvalue weighted by Crippen LogP contribution is -2.04. The second-order valence-corrected chi connectivity index (χ2v) is 7.16. The Morgan fingerprint density at radius 3 is 2.50 bits per heavy atom. The Kier molecular flexibility index (Phi) is 4.41. The van der Waals surface area contributed by atoms with Crippen LogP contribution in [0.2, 0.25) is 0 Å². The van der Waals surface area contributed by atoms with Gasteiger partial charge in [0, 0.05) is 25.3 Å². The molecule has 0 saturated heterocycles. The molecule has 0 aliphatic heterocycles. The Hall–Kier alpha value is -0.450. The molecular formula is C14H12Br2OS. The van der Waals surface area contributed by atoms with Gasteiger partial charge >= 0.3 is 0 Å². The predicted octanol–water partition coefficient (Wildman–Crippen LogP) is 5.78. The number of carbonyl (C=O) groups excluding carboxylic acids is 1. The molecule has 4 heteroatoms. The fraction of sp³-hybridized carbons (Fsp3) is 0.214. The molecule has 0 bridgehead atoms. The minimum absolute atomic E-state index is 0.0462. The number of thiophene rings is 1. The number of hydrogen-bond donors (Lipinski definition) is 0. The highest BCUT2D eigenvalue weighted by molar-refractivity contribution is 9.11. The Bertz CT molecular complexity index is 587. The molecule has 1 aromatic carbocycles. The first-order valence-corrected chi connectivity index (χ1v) is 7.98. The zero-order valence-electron chi connectivity index (χ0n) is 10.0. The minimum Gasteiger partial charge on any atom is -0.293 e. The first kappa shape index (κ1) is 14.0. The molecule has 0 radical (unpaired) electrons. The normalized spacial score (nSPS) is 10.9. The Labute approximate surface area is 127 Å². The van der Waals surface area contributed by atoms with E-state index in [4.69, 9.17) is 0 Å². The highest BCUT2D eigenvalue weighted by Gasteiger charge is 2.14. The van der Waals surface area contributed by atoms with Crippen LogP contribution < -0.4 is 0 Å². The van der Waals surface area contributed by atoms with Crippen LogP contribution in [0, 0.1) is 5.92 Å². The molecule has 0 atom stereocenters. The molecule has 1 nitrogen and oxygen atoms in total. The van der Waals surface area contributed by atoms with E-state index in [1.807, 2.05) is 44.2 Å². The molecule has 0 aliphatic rings. The van der Waals surface area contributed by atoms with Crippen molar-refractivity contribution in [2.45, 2.75) is 13.8 Å². The van der Waals surface area contributed by atoms with Crippen LogP contribution in [0.4, 0.5) is 0 Å². The molecule has 18 heavy (non-hydrogen) atoms. The number of rotatable bonds is 3. The summed E-state index contributed by atoms with van der Waals surface area (Å²) in [4.78, 5) is 13.9. The van der Waals surface area contributed by atoms with E-state index in [0.717, 1.165) is 24.3 Å². The Balaban J connectivity index is 2.38. The molecule has 0 amide bonds. The molecule has 94 valence electrons. The second-order valence-electron chi connectivity index (χ2n) is 4.31. The van der Waals surface area contributed by atoms with Gasteiger partial charge in [-0.3, -0.25) is 4.79 Å². The van der Waals surface area contributed by atoms with Gasteiger partial charge in [0.2, 0.25) is 0 Å². The van der Waals surface area contributed by atoms with Crippen LogP contribution in [0.3, 0.4) is 0 Å². The summed E-state index contributed by atoms with van der Waals surface area (Å²) in [6, 6.07) is 9.98. The van der Waals surface area contributed by atoms with Crippen LogP contribution >= 0.6 is 43.2 Å². The van der Waals surface area contributed by atoms with Crippen LogP contribution in [0.1, 0.15) is 23.5 Å². The van der Waals surface area contributed by atoms with E-state index in [9.17, 15) is 4.79 Å². The number of halogens is 2. The minimum atomic E-state index is 0.0462. The molecule has 0 aliphatic carbocycles. The van der Waals surface area contributed by atoms with E-state index in [1.54, 1.807) is 11.3 Å². The van der Waals surface area contributed by atoms with Crippen molar-refractivity contribution in [3.05, 3.63) is 44.2 Å². The maximum atomic E-state index is 11.9. The van der Waals surface area contributed by atoms with Crippen molar-refractivity contribution >= 4 is 49.0 Å². The maximum absolute atomic E-state index is 11.9. The van der Waals surface area contributed by atoms with E-state index in [0.29, 0.717) is 0 Å². The molecule has 0 saturated carbocycles. The molecule has 2 aromatic rings. The van der Waals surface area contributed by atoms with Gasteiger partial charge in [0.1, 0.15) is 0 Å². The summed E-state index contributed by atoms with van der Waals surface area (Å²) in [5.41, 5.74) is 1.12. The SMILES string of the molecule is CC(C)C(=O)c1ccc(-c2ccc(Br)cc2Br)s1. The van der Waals surface area contributed by atoms with Crippen molar-refractivity contribution < 1.29 is 4.79 Å². The predicted molar refractivity (Wildman–Crippen MR) is 84.3 cm³/mol. The molecule has 0 spiro atoms. The van der Waals surface area contributed by atoms with Gasteiger partial charge in [-0.15, -0.1) is 11.3 Å². The summed E-state index contributed by atoms with van der Waals surface area (Å²) in [5.74, 6) is 0.254. The number of Topliss-reactive ketones (excluding diaryl/α,β-unsaturated/α-hetero) is 1. The summed E-state index contributed by atoms with van der Waals surface area (Å²) in [5, 5.41) is 0. The van der Waals surface area contributed by atoms with E-state index in [1.165, 1.54) is 0 Å². The topological polar surface area (TPSA) is 17.1 Å². The smallest absolute Gasteiger partial charge is 0.175 e. The van der Waals surface area contributed by atoms with E-state index < -0.39 is 0 Å². The summed E-state index contributed by atoms with van der Waals surface area (Å²) in [7, 11) is 0. The quantitative estimate of drug-likeness (QED) is 0.610. The van der Waals surface area contributed by atoms with Gasteiger partial charge in [0.15, 0.2) is 5.78 Å². The van der Waals surface area contributed by atoms with Crippen LogP contribution in [0.15, 0.2) is 39.3 Å². The summed E-state index contributed by atoms with van der Waals surface area (Å²) < 4.78 is 2.07. The van der Waals surface area contributed by atoms with Crippen LogP contribution in [-0.4, -0.2) is 5.78 Å². The largest absolute Gasteiger partial charge is 0.293 e. The number of ketones is 1. The highest BCUT2D eigenvalue weighted by atomic mass is 79.9. The van der Waals surface area contributed by atoms with Crippen molar-refractivity contribution in [3.63, 3.8) is 0 Å². The lowest BCUT2D eigenvalue weighted by atomic mass is 10.1. The molecular weight excluding hydrogens is 376 g/mol. The zero-order chi connectivity index (χ0) is 13.3. The van der Waals surface area contributed by atoms with Gasteiger partial charge in [-0.2, -0.15) is 0 Å². The lowest BCUT2D eigenvalue weighted by molar-refractivity contribution is 0.0943. The summed E-state index contributed by atoms with van der Waals surface area (Å²) in [6.07, 6.45) is 0. The number of hydrogen-bond acceptors (Lipinski definition) is 2. The molecule has 2 rings (SSSR count). The first-order chi connectivity index (χ1) is 8.49. The number of carbonyl (C=O) groups is 1. The average molecular weight is 388 g/mol. The zero-order valence-corrected chi connectivity index (χ0v) is 14.0. The molecule has 0 N–H and O–H groups in total. The highest BCUT2D eigenvalue weighted by Crippen LogP contribution is 2.35. The van der Waals surface area contributed by atoms with Gasteiger partial charge in [0.25, 0.3) is 0 Å². The molecule has 1 aromatic heterocycles. The average Bonchev–Trinajstić information content (AvgIpc) is 2.77. The maximum Gasteiger partial charge on any atom is 0.175 e.